The molecule has 1 N–H and O–H groups in total. The second-order valence-electron chi connectivity index (χ2n) is 5.29. The van der Waals surface area contributed by atoms with Gasteiger partial charge in [0.15, 0.2) is 0 Å². The van der Waals surface area contributed by atoms with Gasteiger partial charge in [0.1, 0.15) is 12.4 Å². The highest BCUT2D eigenvalue weighted by Gasteiger charge is 2.23. The van der Waals surface area contributed by atoms with E-state index < -0.39 is 17.0 Å². The van der Waals surface area contributed by atoms with Crippen LogP contribution in [0.25, 0.3) is 0 Å². The maximum Gasteiger partial charge on any atom is 0.344 e. The molecule has 8 heteroatoms. The van der Waals surface area contributed by atoms with Crippen LogP contribution < -0.4 is 4.74 Å². The Bertz CT molecular complexity index is 828. The molecule has 2 rings (SSSR count). The Kier molecular flexibility index (Phi) is 5.33. The van der Waals surface area contributed by atoms with Gasteiger partial charge in [-0.05, 0) is 42.7 Å². The van der Waals surface area contributed by atoms with E-state index in [9.17, 15) is 24.8 Å². The number of carboxylic acids is 1. The van der Waals surface area contributed by atoms with E-state index in [1.54, 1.807) is 26.0 Å². The van der Waals surface area contributed by atoms with E-state index in [1.807, 2.05) is 0 Å². The van der Waals surface area contributed by atoms with Crippen molar-refractivity contribution in [2.75, 3.05) is 0 Å². The van der Waals surface area contributed by atoms with Crippen molar-refractivity contribution in [3.63, 3.8) is 0 Å². The quantitative estimate of drug-likeness (QED) is 0.370. The third-order valence-electron chi connectivity index (χ3n) is 3.51. The molecule has 0 saturated carbocycles. The van der Waals surface area contributed by atoms with E-state index in [4.69, 9.17) is 4.74 Å². The van der Waals surface area contributed by atoms with Gasteiger partial charge in [-0.25, -0.2) is 9.59 Å². The molecule has 0 spiro atoms. The first kappa shape index (κ1) is 17.9. The van der Waals surface area contributed by atoms with Gasteiger partial charge in [-0.3, -0.25) is 0 Å². The first-order valence-corrected chi connectivity index (χ1v) is 7.21. The first-order valence-electron chi connectivity index (χ1n) is 7.21. The molecular formula is C17H15NO7. The Hall–Kier alpha value is -3.42. The molecular weight excluding hydrogens is 330 g/mol. The number of ether oxygens (including phenoxy) is 1. The SMILES string of the molecule is Cc1ccc(C)c(C(=O)Oc2ccc(CO[N+](=O)[O-])cc2)c1C(=O)O. The molecule has 2 aromatic carbocycles. The van der Waals surface area contributed by atoms with Crippen LogP contribution in [-0.4, -0.2) is 22.1 Å². The van der Waals surface area contributed by atoms with Crippen LogP contribution in [0.2, 0.25) is 0 Å². The summed E-state index contributed by atoms with van der Waals surface area (Å²) in [6.45, 7) is 3.01. The lowest BCUT2D eigenvalue weighted by molar-refractivity contribution is -0.763. The Morgan fingerprint density at radius 2 is 1.60 bits per heavy atom. The standard InChI is InChI=1S/C17H15NO7/c1-10-3-4-11(2)15(14(10)16(19)20)17(21)25-13-7-5-12(6-8-13)9-24-18(22)23/h3-8H,9H2,1-2H3,(H,19,20). The lowest BCUT2D eigenvalue weighted by atomic mass is 9.97. The highest BCUT2D eigenvalue weighted by molar-refractivity contribution is 6.05. The first-order chi connectivity index (χ1) is 11.8. The molecule has 0 aliphatic rings. The number of carboxylic acid groups (broad SMARTS) is 1. The molecule has 0 radical (unpaired) electrons. The molecule has 2 aromatic rings. The number of hydrogen-bond acceptors (Lipinski definition) is 6. The van der Waals surface area contributed by atoms with Gasteiger partial charge in [0.05, 0.1) is 11.1 Å². The molecule has 25 heavy (non-hydrogen) atoms. The summed E-state index contributed by atoms with van der Waals surface area (Å²) < 4.78 is 5.23. The van der Waals surface area contributed by atoms with Gasteiger partial charge in [-0.1, -0.05) is 24.3 Å². The van der Waals surface area contributed by atoms with Crippen molar-refractivity contribution in [3.05, 3.63) is 74.3 Å². The summed E-state index contributed by atoms with van der Waals surface area (Å²) in [5, 5.41) is 18.6. The zero-order chi connectivity index (χ0) is 18.6. The van der Waals surface area contributed by atoms with Gasteiger partial charge in [-0.15, -0.1) is 10.1 Å². The minimum absolute atomic E-state index is 0.00624. The number of aryl methyl sites for hydroxylation is 2. The zero-order valence-electron chi connectivity index (χ0n) is 13.5. The fourth-order valence-electron chi connectivity index (χ4n) is 2.29. The number of carbonyl (C=O) groups excluding carboxylic acids is 1. The van der Waals surface area contributed by atoms with Crippen molar-refractivity contribution in [2.24, 2.45) is 0 Å². The van der Waals surface area contributed by atoms with Crippen LogP contribution in [0.3, 0.4) is 0 Å². The molecule has 0 heterocycles. The third-order valence-corrected chi connectivity index (χ3v) is 3.51. The van der Waals surface area contributed by atoms with Crippen molar-refractivity contribution >= 4 is 11.9 Å². The number of rotatable bonds is 6. The monoisotopic (exact) mass is 345 g/mol. The van der Waals surface area contributed by atoms with E-state index >= 15 is 0 Å². The topological polar surface area (TPSA) is 116 Å². The number of nitrogens with zero attached hydrogens (tertiary/aromatic N) is 1. The van der Waals surface area contributed by atoms with Crippen molar-refractivity contribution < 1.29 is 29.4 Å². The molecule has 0 bridgehead atoms. The second-order valence-corrected chi connectivity index (χ2v) is 5.29. The molecule has 0 unspecified atom stereocenters. The Labute approximate surface area is 142 Å². The van der Waals surface area contributed by atoms with Gasteiger partial charge in [0, 0.05) is 0 Å². The van der Waals surface area contributed by atoms with E-state index in [1.165, 1.54) is 24.3 Å². The predicted molar refractivity (Wildman–Crippen MR) is 86.1 cm³/mol. The molecule has 8 nitrogen and oxygen atoms in total. The maximum atomic E-state index is 12.4. The molecule has 0 aromatic heterocycles. The van der Waals surface area contributed by atoms with Crippen LogP contribution in [-0.2, 0) is 11.4 Å². The number of hydrogen-bond donors (Lipinski definition) is 1. The average Bonchev–Trinajstić information content (AvgIpc) is 2.55. The molecule has 0 amide bonds. The number of esters is 1. The van der Waals surface area contributed by atoms with Crippen molar-refractivity contribution in [2.45, 2.75) is 20.5 Å². The van der Waals surface area contributed by atoms with Crippen molar-refractivity contribution in [3.8, 4) is 5.75 Å². The van der Waals surface area contributed by atoms with E-state index in [0.29, 0.717) is 16.7 Å². The van der Waals surface area contributed by atoms with E-state index in [2.05, 4.69) is 4.84 Å². The smallest absolute Gasteiger partial charge is 0.344 e. The summed E-state index contributed by atoms with van der Waals surface area (Å²) in [6.07, 6.45) is 0. The molecule has 0 aliphatic carbocycles. The Morgan fingerprint density at radius 1 is 1.04 bits per heavy atom. The summed E-state index contributed by atoms with van der Waals surface area (Å²) >= 11 is 0. The fourth-order valence-corrected chi connectivity index (χ4v) is 2.29. The normalized spacial score (nSPS) is 10.2. The lowest BCUT2D eigenvalue weighted by Gasteiger charge is -2.12. The largest absolute Gasteiger partial charge is 0.478 e. The summed E-state index contributed by atoms with van der Waals surface area (Å²) in [7, 11) is 0. The van der Waals surface area contributed by atoms with Crippen molar-refractivity contribution in [1.29, 1.82) is 0 Å². The maximum absolute atomic E-state index is 12.4. The lowest BCUT2D eigenvalue weighted by Crippen LogP contribution is -2.17. The number of benzene rings is 2. The highest BCUT2D eigenvalue weighted by Crippen LogP contribution is 2.22. The Morgan fingerprint density at radius 3 is 2.12 bits per heavy atom. The summed E-state index contributed by atoms with van der Waals surface area (Å²) in [5.74, 6) is -1.81. The number of aromatic carboxylic acids is 1. The van der Waals surface area contributed by atoms with Gasteiger partial charge in [-0.2, -0.15) is 0 Å². The fraction of sp³-hybridized carbons (Fsp3) is 0.176. The van der Waals surface area contributed by atoms with Crippen LogP contribution >= 0.6 is 0 Å². The minimum atomic E-state index is -1.21. The molecule has 130 valence electrons. The van der Waals surface area contributed by atoms with Crippen LogP contribution in [0.15, 0.2) is 36.4 Å². The number of carbonyl (C=O) groups is 2. The van der Waals surface area contributed by atoms with E-state index in [0.717, 1.165) is 0 Å². The Balaban J connectivity index is 2.22. The van der Waals surface area contributed by atoms with Crippen LogP contribution in [0.5, 0.6) is 5.75 Å². The van der Waals surface area contributed by atoms with E-state index in [-0.39, 0.29) is 23.5 Å². The van der Waals surface area contributed by atoms with Crippen LogP contribution in [0.1, 0.15) is 37.4 Å². The summed E-state index contributed by atoms with van der Waals surface area (Å²) in [5.41, 5.74) is 1.37. The molecule has 0 saturated heterocycles. The zero-order valence-corrected chi connectivity index (χ0v) is 13.5. The second kappa shape index (κ2) is 7.43. The summed E-state index contributed by atoms with van der Waals surface area (Å²) in [6, 6.07) is 9.18. The third kappa shape index (κ3) is 4.31. The average molecular weight is 345 g/mol. The minimum Gasteiger partial charge on any atom is -0.478 e. The van der Waals surface area contributed by atoms with Gasteiger partial charge < -0.3 is 14.7 Å². The predicted octanol–water partition coefficient (Wildman–Crippen LogP) is 2.93. The van der Waals surface area contributed by atoms with Gasteiger partial charge in [0.2, 0.25) is 0 Å². The molecule has 0 aliphatic heterocycles. The van der Waals surface area contributed by atoms with Gasteiger partial charge >= 0.3 is 11.9 Å². The van der Waals surface area contributed by atoms with Crippen LogP contribution in [0, 0.1) is 24.0 Å². The van der Waals surface area contributed by atoms with Gasteiger partial charge in [0.25, 0.3) is 5.09 Å². The molecule has 0 atom stereocenters. The molecule has 0 fully saturated rings. The highest BCUT2D eigenvalue weighted by atomic mass is 16.9. The van der Waals surface area contributed by atoms with Crippen molar-refractivity contribution in [1.82, 2.24) is 0 Å². The van der Waals surface area contributed by atoms with Crippen LogP contribution in [0.4, 0.5) is 0 Å². The summed E-state index contributed by atoms with van der Waals surface area (Å²) in [4.78, 5) is 38.3.